The van der Waals surface area contributed by atoms with Crippen molar-refractivity contribution in [1.29, 1.82) is 0 Å². The maximum absolute atomic E-state index is 14.4. The molecule has 0 saturated carbocycles. The molecule has 0 spiro atoms. The van der Waals surface area contributed by atoms with E-state index >= 15 is 0 Å². The molecule has 158 valence electrons. The average molecular weight is 438 g/mol. The molecule has 0 unspecified atom stereocenters. The van der Waals surface area contributed by atoms with Crippen LogP contribution in [0.1, 0.15) is 19.5 Å². The van der Waals surface area contributed by atoms with Gasteiger partial charge in [0, 0.05) is 19.2 Å². The minimum absolute atomic E-state index is 0.0240. The van der Waals surface area contributed by atoms with Crippen molar-refractivity contribution in [2.45, 2.75) is 20.0 Å². The Morgan fingerprint density at radius 2 is 1.83 bits per heavy atom. The summed E-state index contributed by atoms with van der Waals surface area (Å²) < 4.78 is 59.0. The van der Waals surface area contributed by atoms with Crippen molar-refractivity contribution in [3.8, 4) is 11.4 Å². The van der Waals surface area contributed by atoms with Crippen molar-refractivity contribution in [3.63, 3.8) is 0 Å². The number of hydrogen-bond donors (Lipinski definition) is 0. The topological polar surface area (TPSA) is 74.8 Å². The monoisotopic (exact) mass is 437 g/mol. The summed E-state index contributed by atoms with van der Waals surface area (Å²) in [6.45, 7) is 3.40. The van der Waals surface area contributed by atoms with E-state index in [1.165, 1.54) is 0 Å². The second-order valence-electron chi connectivity index (χ2n) is 6.00. The van der Waals surface area contributed by atoms with Crippen molar-refractivity contribution in [1.82, 2.24) is 9.13 Å². The van der Waals surface area contributed by atoms with Gasteiger partial charge < -0.3 is 9.57 Å². The molecule has 0 fully saturated rings. The molecular formula is C17H16ClF4N3O4. The van der Waals surface area contributed by atoms with E-state index in [1.807, 2.05) is 0 Å². The average Bonchev–Trinajstić information content (AvgIpc) is 2.59. The third-order valence-electron chi connectivity index (χ3n) is 3.53. The van der Waals surface area contributed by atoms with Gasteiger partial charge in [-0.3, -0.25) is 9.36 Å². The quantitative estimate of drug-likeness (QED) is 0.301. The molecule has 0 aliphatic heterocycles. The van der Waals surface area contributed by atoms with Gasteiger partial charge in [-0.05, 0) is 19.9 Å². The molecule has 1 aromatic heterocycles. The molecule has 29 heavy (non-hydrogen) atoms. The lowest BCUT2D eigenvalue weighted by Gasteiger charge is -2.15. The lowest BCUT2D eigenvalue weighted by Crippen LogP contribution is -2.41. The molecule has 7 nitrogen and oxygen atoms in total. The van der Waals surface area contributed by atoms with Gasteiger partial charge in [0.15, 0.2) is 6.61 Å². The SMILES string of the molecule is CC(C)=NOCCOc1cc(-n2c(=O)cc(C(F)(F)F)n(C)c2=O)c(F)cc1Cl. The van der Waals surface area contributed by atoms with Gasteiger partial charge in [0.1, 0.15) is 23.9 Å². The predicted molar refractivity (Wildman–Crippen MR) is 97.5 cm³/mol. The van der Waals surface area contributed by atoms with Crippen LogP contribution in [0.15, 0.2) is 32.9 Å². The first kappa shape index (κ1) is 22.5. The second kappa shape index (κ2) is 8.68. The molecular weight excluding hydrogens is 422 g/mol. The van der Waals surface area contributed by atoms with Crippen molar-refractivity contribution in [2.75, 3.05) is 13.2 Å². The van der Waals surface area contributed by atoms with Crippen LogP contribution in [0.4, 0.5) is 17.6 Å². The van der Waals surface area contributed by atoms with Crippen LogP contribution in [0.3, 0.4) is 0 Å². The Kier molecular flexibility index (Phi) is 6.73. The van der Waals surface area contributed by atoms with Gasteiger partial charge in [-0.2, -0.15) is 13.2 Å². The van der Waals surface area contributed by atoms with Crippen molar-refractivity contribution in [3.05, 3.63) is 55.6 Å². The van der Waals surface area contributed by atoms with E-state index in [0.29, 0.717) is 5.71 Å². The molecule has 0 radical (unpaired) electrons. The molecule has 0 saturated heterocycles. The van der Waals surface area contributed by atoms with Crippen LogP contribution in [0.25, 0.3) is 5.69 Å². The summed E-state index contributed by atoms with van der Waals surface area (Å²) in [6, 6.07) is 1.93. The third-order valence-corrected chi connectivity index (χ3v) is 3.83. The van der Waals surface area contributed by atoms with Gasteiger partial charge in [-0.1, -0.05) is 16.8 Å². The highest BCUT2D eigenvalue weighted by Gasteiger charge is 2.35. The summed E-state index contributed by atoms with van der Waals surface area (Å²) in [5.41, 5.74) is -4.13. The Balaban J connectivity index is 2.46. The smallest absolute Gasteiger partial charge is 0.431 e. The van der Waals surface area contributed by atoms with E-state index in [1.54, 1.807) is 13.8 Å². The van der Waals surface area contributed by atoms with Gasteiger partial charge >= 0.3 is 11.9 Å². The fraction of sp³-hybridized carbons (Fsp3) is 0.353. The van der Waals surface area contributed by atoms with Gasteiger partial charge in [-0.15, -0.1) is 0 Å². The highest BCUT2D eigenvalue weighted by Crippen LogP contribution is 2.30. The van der Waals surface area contributed by atoms with Crippen molar-refractivity contribution in [2.24, 2.45) is 12.2 Å². The van der Waals surface area contributed by atoms with E-state index in [9.17, 15) is 27.2 Å². The minimum atomic E-state index is -4.93. The lowest BCUT2D eigenvalue weighted by atomic mass is 10.2. The summed E-state index contributed by atoms with van der Waals surface area (Å²) >= 11 is 5.90. The molecule has 0 atom stereocenters. The Morgan fingerprint density at radius 3 is 2.41 bits per heavy atom. The zero-order valence-corrected chi connectivity index (χ0v) is 16.3. The molecule has 12 heteroatoms. The standard InChI is InChI=1S/C17H16ClF4N3O4/c1-9(2)23-29-5-4-28-13-7-12(11(19)6-10(13)18)25-15(26)8-14(17(20,21)22)24(3)16(25)27/h6-8H,4-5H2,1-3H3. The Morgan fingerprint density at radius 1 is 1.17 bits per heavy atom. The van der Waals surface area contributed by atoms with Gasteiger partial charge in [0.2, 0.25) is 0 Å². The van der Waals surface area contributed by atoms with E-state index < -0.39 is 34.6 Å². The van der Waals surface area contributed by atoms with Crippen LogP contribution in [-0.2, 0) is 18.1 Å². The maximum Gasteiger partial charge on any atom is 0.431 e. The van der Waals surface area contributed by atoms with Gasteiger partial charge in [0.05, 0.1) is 16.4 Å². The summed E-state index contributed by atoms with van der Waals surface area (Å²) in [5, 5.41) is 3.51. The molecule has 2 aromatic rings. The first-order valence-electron chi connectivity index (χ1n) is 8.09. The third kappa shape index (κ3) is 5.17. The number of rotatable bonds is 6. The van der Waals surface area contributed by atoms with Gasteiger partial charge in [0.25, 0.3) is 5.56 Å². The van der Waals surface area contributed by atoms with Crippen LogP contribution in [0.2, 0.25) is 5.02 Å². The second-order valence-corrected chi connectivity index (χ2v) is 6.40. The number of aromatic nitrogens is 2. The Labute approximate surface area is 166 Å². The molecule has 0 N–H and O–H groups in total. The zero-order valence-electron chi connectivity index (χ0n) is 15.5. The number of alkyl halides is 3. The Bertz CT molecular complexity index is 1060. The predicted octanol–water partition coefficient (Wildman–Crippen LogP) is 3.14. The lowest BCUT2D eigenvalue weighted by molar-refractivity contribution is -0.144. The molecule has 2 rings (SSSR count). The molecule has 1 heterocycles. The zero-order chi connectivity index (χ0) is 21.9. The number of nitrogens with zero attached hydrogens (tertiary/aromatic N) is 3. The molecule has 0 aliphatic carbocycles. The molecule has 0 aliphatic rings. The fourth-order valence-electron chi connectivity index (χ4n) is 2.28. The number of benzene rings is 1. The highest BCUT2D eigenvalue weighted by atomic mass is 35.5. The number of halogens is 5. The molecule has 0 bridgehead atoms. The van der Waals surface area contributed by atoms with Gasteiger partial charge in [-0.25, -0.2) is 13.8 Å². The summed E-state index contributed by atoms with van der Waals surface area (Å²) in [4.78, 5) is 29.4. The van der Waals surface area contributed by atoms with E-state index in [-0.39, 0.29) is 39.2 Å². The summed E-state index contributed by atoms with van der Waals surface area (Å²) in [6.07, 6.45) is -4.93. The van der Waals surface area contributed by atoms with Crippen LogP contribution >= 0.6 is 11.6 Å². The number of hydrogen-bond acceptors (Lipinski definition) is 5. The fourth-order valence-corrected chi connectivity index (χ4v) is 2.49. The molecule has 1 aromatic carbocycles. The van der Waals surface area contributed by atoms with Crippen LogP contribution < -0.4 is 16.0 Å². The Hall–Kier alpha value is -2.82. The normalized spacial score (nSPS) is 11.3. The largest absolute Gasteiger partial charge is 0.488 e. The molecule has 0 amide bonds. The van der Waals surface area contributed by atoms with E-state index in [4.69, 9.17) is 21.2 Å². The van der Waals surface area contributed by atoms with Crippen LogP contribution in [-0.4, -0.2) is 28.1 Å². The van der Waals surface area contributed by atoms with E-state index in [0.717, 1.165) is 19.2 Å². The first-order valence-corrected chi connectivity index (χ1v) is 8.47. The van der Waals surface area contributed by atoms with Crippen LogP contribution in [0.5, 0.6) is 5.75 Å². The first-order chi connectivity index (χ1) is 13.4. The number of oxime groups is 1. The minimum Gasteiger partial charge on any atom is -0.488 e. The summed E-state index contributed by atoms with van der Waals surface area (Å²) in [7, 11) is 0.819. The highest BCUT2D eigenvalue weighted by molar-refractivity contribution is 6.32. The number of ether oxygens (including phenoxy) is 1. The van der Waals surface area contributed by atoms with Crippen molar-refractivity contribution < 1.29 is 27.1 Å². The van der Waals surface area contributed by atoms with Crippen LogP contribution in [0, 0.1) is 5.82 Å². The van der Waals surface area contributed by atoms with E-state index in [2.05, 4.69) is 5.16 Å². The maximum atomic E-state index is 14.4. The van der Waals surface area contributed by atoms with Crippen molar-refractivity contribution >= 4 is 17.3 Å². The summed E-state index contributed by atoms with van der Waals surface area (Å²) in [5.74, 6) is -1.19.